The number of hydrogen-bond acceptors (Lipinski definition) is 10. The number of carboxylic acids is 1. The predicted molar refractivity (Wildman–Crippen MR) is 218 cm³/mol. The number of esters is 2. The number of nitrogens with two attached hydrogens (primary N) is 1. The van der Waals surface area contributed by atoms with Crippen molar-refractivity contribution in [2.45, 2.75) is 180 Å². The molecule has 0 aromatic rings. The van der Waals surface area contributed by atoms with Gasteiger partial charge in [0.05, 0.1) is 19.3 Å². The van der Waals surface area contributed by atoms with Crippen LogP contribution in [0.5, 0.6) is 0 Å². The van der Waals surface area contributed by atoms with Crippen molar-refractivity contribution in [2.75, 3.05) is 19.8 Å². The summed E-state index contributed by atoms with van der Waals surface area (Å²) in [7, 11) is -4.74. The molecule has 0 saturated carbocycles. The molecule has 4 atom stereocenters. The maximum absolute atomic E-state index is 12.6. The van der Waals surface area contributed by atoms with E-state index >= 15 is 0 Å². The smallest absolute Gasteiger partial charge is 0.472 e. The monoisotopic (exact) mass is 799 g/mol. The van der Waals surface area contributed by atoms with Crippen LogP contribution in [0, 0.1) is 0 Å². The van der Waals surface area contributed by atoms with E-state index in [2.05, 4.69) is 24.4 Å². The highest BCUT2D eigenvalue weighted by Gasteiger charge is 2.28. The number of phosphoric acid groups is 1. The Morgan fingerprint density at radius 2 is 1.20 bits per heavy atom. The number of ether oxygens (including phenoxy) is 2. The van der Waals surface area contributed by atoms with Crippen LogP contribution < -0.4 is 5.73 Å². The number of carboxylic acid groups (broad SMARTS) is 1. The third kappa shape index (κ3) is 36.8. The molecule has 0 bridgehead atoms. The SMILES string of the molecule is CCCCC/C=C\C=C/[C@H](O)C/C=C\C/C=C/CCCC(=O)O[C@H](COC(=O)CCCCCCCCCCCCCCC)COP(=O)(O)OC[C@H](N)C(=O)O. The van der Waals surface area contributed by atoms with E-state index in [0.29, 0.717) is 32.1 Å². The second-order valence-electron chi connectivity index (χ2n) is 14.0. The number of phosphoric ester groups is 1. The van der Waals surface area contributed by atoms with E-state index in [0.717, 1.165) is 25.7 Å². The van der Waals surface area contributed by atoms with E-state index in [9.17, 15) is 28.9 Å². The number of allylic oxidation sites excluding steroid dienone is 6. The van der Waals surface area contributed by atoms with E-state index in [1.807, 2.05) is 36.5 Å². The van der Waals surface area contributed by atoms with Crippen LogP contribution in [0.2, 0.25) is 0 Å². The molecule has 0 aromatic heterocycles. The molecule has 0 aliphatic heterocycles. The van der Waals surface area contributed by atoms with Crippen molar-refractivity contribution in [3.05, 3.63) is 48.6 Å². The lowest BCUT2D eigenvalue weighted by atomic mass is 10.0. The van der Waals surface area contributed by atoms with Gasteiger partial charge in [-0.05, 0) is 44.9 Å². The number of carbonyl (C=O) groups excluding carboxylic acids is 2. The highest BCUT2D eigenvalue weighted by Crippen LogP contribution is 2.43. The Morgan fingerprint density at radius 1 is 0.655 bits per heavy atom. The van der Waals surface area contributed by atoms with Crippen molar-refractivity contribution >= 4 is 25.7 Å². The molecule has 0 fully saturated rings. The van der Waals surface area contributed by atoms with Gasteiger partial charge in [-0.1, -0.05) is 152 Å². The maximum Gasteiger partial charge on any atom is 0.472 e. The van der Waals surface area contributed by atoms with Crippen molar-refractivity contribution < 1.29 is 52.6 Å². The van der Waals surface area contributed by atoms with Crippen LogP contribution in [0.25, 0.3) is 0 Å². The molecule has 0 aromatic carbocycles. The summed E-state index contributed by atoms with van der Waals surface area (Å²) >= 11 is 0. The van der Waals surface area contributed by atoms with Crippen LogP contribution >= 0.6 is 7.82 Å². The predicted octanol–water partition coefficient (Wildman–Crippen LogP) is 9.58. The van der Waals surface area contributed by atoms with E-state index in [-0.39, 0.29) is 19.4 Å². The number of rotatable bonds is 38. The fraction of sp³-hybridized carbons (Fsp3) is 0.738. The van der Waals surface area contributed by atoms with Gasteiger partial charge in [-0.25, -0.2) is 4.57 Å². The number of aliphatic carboxylic acids is 1. The summed E-state index contributed by atoms with van der Waals surface area (Å²) in [4.78, 5) is 45.8. The molecule has 0 aliphatic carbocycles. The van der Waals surface area contributed by atoms with Gasteiger partial charge in [-0.2, -0.15) is 0 Å². The van der Waals surface area contributed by atoms with Crippen LogP contribution in [0.15, 0.2) is 48.6 Å². The molecule has 12 nitrogen and oxygen atoms in total. The normalized spacial score (nSPS) is 14.9. The van der Waals surface area contributed by atoms with E-state index < -0.39 is 57.2 Å². The zero-order chi connectivity index (χ0) is 40.8. The first-order valence-electron chi connectivity index (χ1n) is 20.8. The lowest BCUT2D eigenvalue weighted by Gasteiger charge is -2.20. The van der Waals surface area contributed by atoms with Crippen LogP contribution in [0.4, 0.5) is 0 Å². The molecule has 55 heavy (non-hydrogen) atoms. The fourth-order valence-electron chi connectivity index (χ4n) is 5.31. The molecule has 0 radical (unpaired) electrons. The minimum Gasteiger partial charge on any atom is -0.480 e. The van der Waals surface area contributed by atoms with Crippen molar-refractivity contribution in [1.29, 1.82) is 0 Å². The van der Waals surface area contributed by atoms with E-state index in [4.69, 9.17) is 24.8 Å². The van der Waals surface area contributed by atoms with E-state index in [1.54, 1.807) is 6.08 Å². The molecule has 0 saturated heterocycles. The Kier molecular flexibility index (Phi) is 35.3. The summed E-state index contributed by atoms with van der Waals surface area (Å²) in [6.45, 7) is 2.62. The fourth-order valence-corrected chi connectivity index (χ4v) is 6.09. The molecule has 0 heterocycles. The Morgan fingerprint density at radius 3 is 1.84 bits per heavy atom. The zero-order valence-electron chi connectivity index (χ0n) is 33.9. The van der Waals surface area contributed by atoms with Gasteiger partial charge in [0.1, 0.15) is 12.6 Å². The molecule has 318 valence electrons. The topological polar surface area (TPSA) is 192 Å². The van der Waals surface area contributed by atoms with Gasteiger partial charge < -0.3 is 30.3 Å². The van der Waals surface area contributed by atoms with Gasteiger partial charge >= 0.3 is 25.7 Å². The van der Waals surface area contributed by atoms with Gasteiger partial charge in [-0.3, -0.25) is 23.4 Å². The molecular weight excluding hydrogens is 725 g/mol. The van der Waals surface area contributed by atoms with Gasteiger partial charge in [-0.15, -0.1) is 0 Å². The summed E-state index contributed by atoms with van der Waals surface area (Å²) in [5.41, 5.74) is 5.32. The van der Waals surface area contributed by atoms with Crippen molar-refractivity contribution in [1.82, 2.24) is 0 Å². The summed E-state index contributed by atoms with van der Waals surface area (Å²) < 4.78 is 32.5. The molecule has 0 rings (SSSR count). The zero-order valence-corrected chi connectivity index (χ0v) is 34.8. The quantitative estimate of drug-likeness (QED) is 0.0152. The summed E-state index contributed by atoms with van der Waals surface area (Å²) in [6, 6.07) is -1.54. The summed E-state index contributed by atoms with van der Waals surface area (Å²) in [5.74, 6) is -2.50. The first-order valence-corrected chi connectivity index (χ1v) is 22.3. The third-order valence-electron chi connectivity index (χ3n) is 8.66. The van der Waals surface area contributed by atoms with Crippen LogP contribution in [-0.4, -0.2) is 71.1 Å². The number of unbranched alkanes of at least 4 members (excludes halogenated alkanes) is 16. The van der Waals surface area contributed by atoms with Crippen molar-refractivity contribution in [3.8, 4) is 0 Å². The number of aliphatic hydroxyl groups excluding tert-OH is 1. The minimum atomic E-state index is -4.74. The van der Waals surface area contributed by atoms with E-state index in [1.165, 1.54) is 77.0 Å². The Balaban J connectivity index is 4.56. The molecule has 13 heteroatoms. The lowest BCUT2D eigenvalue weighted by molar-refractivity contribution is -0.161. The third-order valence-corrected chi connectivity index (χ3v) is 9.61. The Labute approximate surface area is 331 Å². The number of aliphatic hydroxyl groups is 1. The van der Waals surface area contributed by atoms with Crippen LogP contribution in [0.1, 0.15) is 162 Å². The second-order valence-corrected chi connectivity index (χ2v) is 15.4. The molecule has 5 N–H and O–H groups in total. The minimum absolute atomic E-state index is 0.0515. The molecule has 0 amide bonds. The molecule has 0 aliphatic rings. The van der Waals surface area contributed by atoms with Gasteiger partial charge in [0, 0.05) is 12.8 Å². The Hall–Kier alpha value is -2.60. The van der Waals surface area contributed by atoms with Crippen LogP contribution in [-0.2, 0) is 37.5 Å². The van der Waals surface area contributed by atoms with Gasteiger partial charge in [0.15, 0.2) is 6.10 Å². The van der Waals surface area contributed by atoms with Crippen LogP contribution in [0.3, 0.4) is 0 Å². The average Bonchev–Trinajstić information content (AvgIpc) is 3.15. The highest BCUT2D eigenvalue weighted by atomic mass is 31.2. The van der Waals surface area contributed by atoms with Gasteiger partial charge in [0.2, 0.25) is 0 Å². The molecule has 0 spiro atoms. The Bertz CT molecular complexity index is 1140. The van der Waals surface area contributed by atoms with Gasteiger partial charge in [0.25, 0.3) is 0 Å². The highest BCUT2D eigenvalue weighted by molar-refractivity contribution is 7.47. The standard InChI is InChI=1S/C42H74NO11P/c1-3-5-7-9-11-12-13-14-15-16-20-24-28-32-40(45)51-34-38(35-52-55(49,50)53-36-39(43)42(47)48)54-41(46)33-29-25-21-17-19-23-27-31-37(44)30-26-22-18-10-8-6-4-2/h17-18,21-23,26-27,30,37-39,44H,3-16,19-20,24-25,28-29,31-36,43H2,1-2H3,(H,47,48)(H,49,50)/b21-17+,22-18-,27-23-,30-26-/t37-,38+,39-/m0/s1. The largest absolute Gasteiger partial charge is 0.480 e. The maximum atomic E-state index is 12.6. The number of carbonyl (C=O) groups is 3. The number of hydrogen-bond donors (Lipinski definition) is 4. The average molecular weight is 800 g/mol. The first-order chi connectivity index (χ1) is 26.5. The molecular formula is C42H74NO11P. The molecule has 1 unspecified atom stereocenters. The van der Waals surface area contributed by atoms with Crippen molar-refractivity contribution in [3.63, 3.8) is 0 Å². The summed E-state index contributed by atoms with van der Waals surface area (Å²) in [5, 5.41) is 18.9. The second kappa shape index (κ2) is 37.0. The van der Waals surface area contributed by atoms with Crippen molar-refractivity contribution in [2.24, 2.45) is 5.73 Å². The first kappa shape index (κ1) is 52.4. The summed E-state index contributed by atoms with van der Waals surface area (Å²) in [6.07, 6.45) is 36.4. The lowest BCUT2D eigenvalue weighted by Crippen LogP contribution is -2.34.